The number of hydrogen-bond acceptors (Lipinski definition) is 1. The molecule has 0 heterocycles. The lowest BCUT2D eigenvalue weighted by Gasteiger charge is -2.37. The Morgan fingerprint density at radius 2 is 2.27 bits per heavy atom. The molecule has 2 aliphatic carbocycles. The highest BCUT2D eigenvalue weighted by molar-refractivity contribution is 14.1. The fourth-order valence-electron chi connectivity index (χ4n) is 1.92. The van der Waals surface area contributed by atoms with E-state index in [1.165, 1.54) is 11.3 Å². The third kappa shape index (κ3) is 2.12. The van der Waals surface area contributed by atoms with Crippen molar-refractivity contribution in [3.05, 3.63) is 35.6 Å². The molecule has 1 unspecified atom stereocenters. The molecule has 0 bridgehead atoms. The van der Waals surface area contributed by atoms with Crippen LogP contribution in [0, 0.1) is 23.7 Å². The lowest BCUT2D eigenvalue weighted by atomic mass is 9.74. The van der Waals surface area contributed by atoms with E-state index >= 15 is 0 Å². The first-order chi connectivity index (χ1) is 7.22. The van der Waals surface area contributed by atoms with Gasteiger partial charge in [0.2, 0.25) is 0 Å². The van der Waals surface area contributed by atoms with Crippen LogP contribution in [0.3, 0.4) is 0 Å². The first-order valence-electron chi connectivity index (χ1n) is 5.22. The van der Waals surface area contributed by atoms with Gasteiger partial charge in [0.1, 0.15) is 0 Å². The van der Waals surface area contributed by atoms with E-state index in [9.17, 15) is 0 Å². The SMILES string of the molecule is CCC#CC1=C[C@H]2C=C(N(C)I)C2C=C1. The van der Waals surface area contributed by atoms with Gasteiger partial charge in [-0.1, -0.05) is 43.1 Å². The van der Waals surface area contributed by atoms with Crippen molar-refractivity contribution in [3.63, 3.8) is 0 Å². The summed E-state index contributed by atoms with van der Waals surface area (Å²) in [5.74, 6) is 7.44. The Morgan fingerprint density at radius 1 is 1.47 bits per heavy atom. The van der Waals surface area contributed by atoms with Crippen LogP contribution in [0.4, 0.5) is 0 Å². The van der Waals surface area contributed by atoms with Gasteiger partial charge in [0.05, 0.1) is 22.9 Å². The van der Waals surface area contributed by atoms with E-state index in [0.717, 1.165) is 6.42 Å². The Morgan fingerprint density at radius 3 is 2.87 bits per heavy atom. The number of fused-ring (bicyclic) bond motifs is 1. The molecule has 0 saturated carbocycles. The molecule has 0 spiro atoms. The Hall–Kier alpha value is -0.690. The second kappa shape index (κ2) is 4.44. The molecule has 0 fully saturated rings. The first kappa shape index (κ1) is 10.8. The van der Waals surface area contributed by atoms with Gasteiger partial charge in [-0.3, -0.25) is 0 Å². The quantitative estimate of drug-likeness (QED) is 0.408. The number of hydrogen-bond donors (Lipinski definition) is 0. The molecule has 2 aliphatic rings. The Kier molecular flexibility index (Phi) is 3.20. The molecule has 2 rings (SSSR count). The van der Waals surface area contributed by atoms with Gasteiger partial charge in [0.15, 0.2) is 0 Å². The first-order valence-corrected chi connectivity index (χ1v) is 6.19. The van der Waals surface area contributed by atoms with E-state index in [-0.39, 0.29) is 0 Å². The minimum Gasteiger partial charge on any atom is -0.321 e. The van der Waals surface area contributed by atoms with Gasteiger partial charge >= 0.3 is 0 Å². The molecular weight excluding hydrogens is 297 g/mol. The molecule has 78 valence electrons. The fourth-order valence-corrected chi connectivity index (χ4v) is 2.40. The topological polar surface area (TPSA) is 3.24 Å². The van der Waals surface area contributed by atoms with Gasteiger partial charge in [-0.25, -0.2) is 0 Å². The monoisotopic (exact) mass is 311 g/mol. The average Bonchev–Trinajstić information content (AvgIpc) is 2.17. The number of nitrogens with zero attached hydrogens (tertiary/aromatic N) is 1. The number of rotatable bonds is 1. The van der Waals surface area contributed by atoms with Crippen LogP contribution in [-0.2, 0) is 0 Å². The van der Waals surface area contributed by atoms with Gasteiger partial charge in [-0.2, -0.15) is 0 Å². The Bertz CT molecular complexity index is 404. The third-order valence-corrected chi connectivity index (χ3v) is 3.30. The van der Waals surface area contributed by atoms with Crippen LogP contribution < -0.4 is 0 Å². The molecular formula is C13H14IN. The molecule has 2 heteroatoms. The number of allylic oxidation sites excluding steroid dienone is 5. The zero-order valence-corrected chi connectivity index (χ0v) is 11.2. The van der Waals surface area contributed by atoms with Crippen LogP contribution >= 0.6 is 22.9 Å². The van der Waals surface area contributed by atoms with Crippen LogP contribution in [0.5, 0.6) is 0 Å². The van der Waals surface area contributed by atoms with E-state index in [4.69, 9.17) is 0 Å². The van der Waals surface area contributed by atoms with Gasteiger partial charge in [0.25, 0.3) is 0 Å². The summed E-state index contributed by atoms with van der Waals surface area (Å²) >= 11 is 2.32. The van der Waals surface area contributed by atoms with Gasteiger partial charge in [0, 0.05) is 36.6 Å². The number of halogens is 1. The molecule has 0 N–H and O–H groups in total. The lowest BCUT2D eigenvalue weighted by Crippen LogP contribution is -2.29. The summed E-state index contributed by atoms with van der Waals surface area (Å²) in [7, 11) is 2.09. The third-order valence-electron chi connectivity index (χ3n) is 2.74. The summed E-state index contributed by atoms with van der Waals surface area (Å²) in [6.45, 7) is 2.08. The summed E-state index contributed by atoms with van der Waals surface area (Å²) in [4.78, 5) is 0. The molecule has 1 nitrogen and oxygen atoms in total. The second-order valence-corrected chi connectivity index (χ2v) is 5.26. The summed E-state index contributed by atoms with van der Waals surface area (Å²) in [5, 5.41) is 0. The van der Waals surface area contributed by atoms with Crippen LogP contribution in [0.2, 0.25) is 0 Å². The van der Waals surface area contributed by atoms with Crippen LogP contribution in [0.1, 0.15) is 13.3 Å². The second-order valence-electron chi connectivity index (χ2n) is 3.81. The zero-order valence-electron chi connectivity index (χ0n) is 9.00. The van der Waals surface area contributed by atoms with Crippen molar-refractivity contribution < 1.29 is 0 Å². The maximum atomic E-state index is 3.18. The summed E-state index contributed by atoms with van der Waals surface area (Å²) < 4.78 is 2.17. The van der Waals surface area contributed by atoms with Crippen molar-refractivity contribution in [3.8, 4) is 11.8 Å². The van der Waals surface area contributed by atoms with Crippen molar-refractivity contribution in [2.24, 2.45) is 11.8 Å². The smallest absolute Gasteiger partial charge is 0.0585 e. The molecule has 0 aromatic rings. The van der Waals surface area contributed by atoms with Crippen molar-refractivity contribution in [2.75, 3.05) is 7.05 Å². The van der Waals surface area contributed by atoms with E-state index in [0.29, 0.717) is 11.8 Å². The van der Waals surface area contributed by atoms with E-state index < -0.39 is 0 Å². The lowest BCUT2D eigenvalue weighted by molar-refractivity contribution is 0.466. The summed E-state index contributed by atoms with van der Waals surface area (Å²) in [5.41, 5.74) is 2.58. The molecule has 0 aromatic heterocycles. The summed E-state index contributed by atoms with van der Waals surface area (Å²) in [6.07, 6.45) is 9.94. The van der Waals surface area contributed by atoms with Crippen LogP contribution in [0.25, 0.3) is 0 Å². The normalized spacial score (nSPS) is 26.6. The van der Waals surface area contributed by atoms with E-state index in [1.807, 2.05) is 0 Å². The fraction of sp³-hybridized carbons (Fsp3) is 0.385. The molecule has 0 saturated heterocycles. The minimum atomic E-state index is 0.573. The van der Waals surface area contributed by atoms with Gasteiger partial charge in [-0.15, -0.1) is 0 Å². The highest BCUT2D eigenvalue weighted by Crippen LogP contribution is 2.41. The largest absolute Gasteiger partial charge is 0.321 e. The molecule has 15 heavy (non-hydrogen) atoms. The van der Waals surface area contributed by atoms with Crippen LogP contribution in [-0.4, -0.2) is 10.2 Å². The molecule has 0 aromatic carbocycles. The molecule has 0 amide bonds. The maximum absolute atomic E-state index is 3.18. The van der Waals surface area contributed by atoms with Crippen molar-refractivity contribution >= 4 is 22.9 Å². The summed E-state index contributed by atoms with van der Waals surface area (Å²) in [6, 6.07) is 0. The van der Waals surface area contributed by atoms with Crippen molar-refractivity contribution in [2.45, 2.75) is 13.3 Å². The predicted octanol–water partition coefficient (Wildman–Crippen LogP) is 3.31. The van der Waals surface area contributed by atoms with Crippen molar-refractivity contribution in [1.29, 1.82) is 0 Å². The van der Waals surface area contributed by atoms with Gasteiger partial charge < -0.3 is 3.11 Å². The molecule has 2 atom stereocenters. The highest BCUT2D eigenvalue weighted by atomic mass is 127. The maximum Gasteiger partial charge on any atom is 0.0585 e. The standard InChI is InChI=1S/C13H14IN/c1-3-4-5-10-6-7-12-11(8-10)9-13(12)15(2)14/h6-9,11-12H,3H2,1-2H3/t11-,12?/m0/s1. The van der Waals surface area contributed by atoms with Gasteiger partial charge in [-0.05, 0) is 0 Å². The van der Waals surface area contributed by atoms with E-state index in [2.05, 4.69) is 76.1 Å². The minimum absolute atomic E-state index is 0.573. The van der Waals surface area contributed by atoms with Crippen LogP contribution in [0.15, 0.2) is 35.6 Å². The molecule has 0 aliphatic heterocycles. The predicted molar refractivity (Wildman–Crippen MR) is 72.1 cm³/mol. The highest BCUT2D eigenvalue weighted by Gasteiger charge is 2.32. The van der Waals surface area contributed by atoms with Crippen molar-refractivity contribution in [1.82, 2.24) is 3.11 Å². The average molecular weight is 311 g/mol. The molecule has 0 radical (unpaired) electrons. The van der Waals surface area contributed by atoms with E-state index in [1.54, 1.807) is 0 Å². The zero-order chi connectivity index (χ0) is 10.8. The Balaban J connectivity index is 2.12. The Labute approximate surface area is 105 Å².